The Morgan fingerprint density at radius 1 is 1.44 bits per heavy atom. The molecule has 1 saturated heterocycles. The molecule has 2 heterocycles. The Morgan fingerprint density at radius 3 is 2.88 bits per heavy atom. The molecule has 3 atom stereocenters. The highest BCUT2D eigenvalue weighted by Crippen LogP contribution is 2.38. The van der Waals surface area contributed by atoms with E-state index in [0.29, 0.717) is 16.3 Å². The van der Waals surface area contributed by atoms with Gasteiger partial charge < -0.3 is 11.5 Å². The van der Waals surface area contributed by atoms with Crippen LogP contribution in [0.1, 0.15) is 18.5 Å². The molecule has 1 aliphatic rings. The first kappa shape index (κ1) is 12.1. The molecule has 1 aliphatic heterocycles. The van der Waals surface area contributed by atoms with Gasteiger partial charge in [0.05, 0.1) is 0 Å². The molecule has 1 fully saturated rings. The summed E-state index contributed by atoms with van der Waals surface area (Å²) < 4.78 is 0. The summed E-state index contributed by atoms with van der Waals surface area (Å²) in [7, 11) is 0. The molecule has 0 saturated carbocycles. The van der Waals surface area contributed by atoms with Crippen LogP contribution in [0.4, 0.5) is 5.82 Å². The fraction of sp³-hybridized carbons (Fsp3) is 0.545. The van der Waals surface area contributed by atoms with Crippen molar-refractivity contribution in [1.82, 2.24) is 4.98 Å². The van der Waals surface area contributed by atoms with E-state index in [1.165, 1.54) is 11.5 Å². The maximum absolute atomic E-state index is 6.31. The third-order valence-electron chi connectivity index (χ3n) is 2.82. The summed E-state index contributed by atoms with van der Waals surface area (Å²) in [6.07, 6.45) is 1.71. The van der Waals surface area contributed by atoms with Gasteiger partial charge in [-0.1, -0.05) is 13.0 Å². The van der Waals surface area contributed by atoms with Crippen molar-refractivity contribution in [1.29, 1.82) is 0 Å². The van der Waals surface area contributed by atoms with Gasteiger partial charge in [-0.15, -0.1) is 0 Å². The molecular weight excluding hydrogens is 238 g/mol. The van der Waals surface area contributed by atoms with E-state index in [4.69, 9.17) is 11.5 Å². The van der Waals surface area contributed by atoms with Gasteiger partial charge in [0, 0.05) is 39.8 Å². The smallest absolute Gasteiger partial charge is 0.128 e. The number of nitrogens with zero attached hydrogens (tertiary/aromatic N) is 1. The first-order chi connectivity index (χ1) is 7.70. The molecule has 3 nitrogen and oxygen atoms in total. The van der Waals surface area contributed by atoms with Gasteiger partial charge in [0.25, 0.3) is 0 Å². The number of rotatable bonds is 2. The van der Waals surface area contributed by atoms with Crippen molar-refractivity contribution in [3.8, 4) is 0 Å². The lowest BCUT2D eigenvalue weighted by Gasteiger charge is -2.32. The summed E-state index contributed by atoms with van der Waals surface area (Å²) in [5, 5.41) is 1.01. The first-order valence-corrected chi connectivity index (χ1v) is 7.49. The maximum Gasteiger partial charge on any atom is 0.128 e. The van der Waals surface area contributed by atoms with Gasteiger partial charge in [-0.25, -0.2) is 4.98 Å². The highest BCUT2D eigenvalue weighted by Gasteiger charge is 2.30. The summed E-state index contributed by atoms with van der Waals surface area (Å²) in [6.45, 7) is 2.24. The molecule has 3 unspecified atom stereocenters. The van der Waals surface area contributed by atoms with Crippen molar-refractivity contribution in [3.05, 3.63) is 23.9 Å². The molecule has 0 amide bonds. The highest BCUT2D eigenvalue weighted by molar-refractivity contribution is 8.07. The van der Waals surface area contributed by atoms with Crippen molar-refractivity contribution in [2.45, 2.75) is 23.5 Å². The summed E-state index contributed by atoms with van der Waals surface area (Å²) in [6, 6.07) is 3.87. The molecule has 0 spiro atoms. The van der Waals surface area contributed by atoms with E-state index >= 15 is 0 Å². The van der Waals surface area contributed by atoms with E-state index in [-0.39, 0.29) is 6.04 Å². The van der Waals surface area contributed by atoms with Gasteiger partial charge in [-0.05, 0) is 6.07 Å². The molecule has 5 heteroatoms. The van der Waals surface area contributed by atoms with Crippen LogP contribution in [0.3, 0.4) is 0 Å². The minimum absolute atomic E-state index is 0.0125. The van der Waals surface area contributed by atoms with Crippen LogP contribution < -0.4 is 11.5 Å². The van der Waals surface area contributed by atoms with Crippen molar-refractivity contribution in [3.63, 3.8) is 0 Å². The standard InChI is InChI=1S/C11H17N3S2/c1-7-10(16-6-5-15-7)9(12)8-3-2-4-14-11(8)13/h2-4,7,9-10H,5-6,12H2,1H3,(H2,13,14). The summed E-state index contributed by atoms with van der Waals surface area (Å²) in [5.41, 5.74) is 13.2. The van der Waals surface area contributed by atoms with E-state index < -0.39 is 0 Å². The van der Waals surface area contributed by atoms with E-state index in [1.807, 2.05) is 35.7 Å². The quantitative estimate of drug-likeness (QED) is 0.845. The lowest BCUT2D eigenvalue weighted by Crippen LogP contribution is -2.34. The van der Waals surface area contributed by atoms with Gasteiger partial charge in [0.2, 0.25) is 0 Å². The van der Waals surface area contributed by atoms with Gasteiger partial charge >= 0.3 is 0 Å². The Kier molecular flexibility index (Phi) is 4.00. The average molecular weight is 255 g/mol. The van der Waals surface area contributed by atoms with E-state index in [9.17, 15) is 0 Å². The molecule has 16 heavy (non-hydrogen) atoms. The van der Waals surface area contributed by atoms with Gasteiger partial charge in [0.15, 0.2) is 0 Å². The van der Waals surface area contributed by atoms with Crippen LogP contribution in [-0.4, -0.2) is 27.0 Å². The molecule has 0 aromatic carbocycles. The van der Waals surface area contributed by atoms with Crippen LogP contribution in [-0.2, 0) is 0 Å². The maximum atomic E-state index is 6.31. The van der Waals surface area contributed by atoms with Crippen LogP contribution >= 0.6 is 23.5 Å². The fourth-order valence-electron chi connectivity index (χ4n) is 1.93. The van der Waals surface area contributed by atoms with Crippen LogP contribution in [0.5, 0.6) is 0 Å². The number of hydrogen-bond acceptors (Lipinski definition) is 5. The molecule has 0 bridgehead atoms. The highest BCUT2D eigenvalue weighted by atomic mass is 32.2. The number of anilines is 1. The Labute approximate surface area is 105 Å². The summed E-state index contributed by atoms with van der Waals surface area (Å²) in [5.74, 6) is 2.96. The van der Waals surface area contributed by atoms with Crippen molar-refractivity contribution < 1.29 is 0 Å². The van der Waals surface area contributed by atoms with E-state index in [1.54, 1.807) is 6.20 Å². The number of nitrogen functional groups attached to an aromatic ring is 1. The topological polar surface area (TPSA) is 64.9 Å². The Bertz CT molecular complexity index is 359. The second kappa shape index (κ2) is 5.29. The van der Waals surface area contributed by atoms with Gasteiger partial charge in [-0.2, -0.15) is 23.5 Å². The second-order valence-corrected chi connectivity index (χ2v) is 6.69. The Hall–Kier alpha value is -0.390. The minimum atomic E-state index is -0.0125. The normalized spacial score (nSPS) is 27.6. The summed E-state index contributed by atoms with van der Waals surface area (Å²) >= 11 is 3.95. The van der Waals surface area contributed by atoms with E-state index in [2.05, 4.69) is 11.9 Å². The lowest BCUT2D eigenvalue weighted by atomic mass is 10.0. The predicted molar refractivity (Wildman–Crippen MR) is 73.7 cm³/mol. The molecule has 0 aliphatic carbocycles. The number of hydrogen-bond donors (Lipinski definition) is 2. The monoisotopic (exact) mass is 255 g/mol. The van der Waals surface area contributed by atoms with Crippen LogP contribution in [0.15, 0.2) is 18.3 Å². The van der Waals surface area contributed by atoms with Crippen LogP contribution in [0.25, 0.3) is 0 Å². The zero-order valence-corrected chi connectivity index (χ0v) is 10.9. The van der Waals surface area contributed by atoms with Crippen molar-refractivity contribution in [2.24, 2.45) is 5.73 Å². The second-order valence-electron chi connectivity index (χ2n) is 3.91. The number of pyridine rings is 1. The van der Waals surface area contributed by atoms with Crippen LogP contribution in [0.2, 0.25) is 0 Å². The largest absolute Gasteiger partial charge is 0.383 e. The molecule has 2 rings (SSSR count). The molecule has 88 valence electrons. The molecule has 1 aromatic heterocycles. The fourth-order valence-corrected chi connectivity index (χ4v) is 4.80. The lowest BCUT2D eigenvalue weighted by molar-refractivity contribution is 0.663. The van der Waals surface area contributed by atoms with E-state index in [0.717, 1.165) is 5.56 Å². The number of nitrogens with two attached hydrogens (primary N) is 2. The Morgan fingerprint density at radius 2 is 2.19 bits per heavy atom. The minimum Gasteiger partial charge on any atom is -0.383 e. The third-order valence-corrected chi connectivity index (χ3v) is 6.04. The summed E-state index contributed by atoms with van der Waals surface area (Å²) in [4.78, 5) is 4.10. The zero-order valence-electron chi connectivity index (χ0n) is 9.30. The zero-order chi connectivity index (χ0) is 11.5. The average Bonchev–Trinajstić information content (AvgIpc) is 2.29. The predicted octanol–water partition coefficient (Wildman–Crippen LogP) is 1.90. The number of aromatic nitrogens is 1. The molecule has 4 N–H and O–H groups in total. The molecular formula is C11H17N3S2. The third kappa shape index (κ3) is 2.47. The molecule has 1 aromatic rings. The van der Waals surface area contributed by atoms with Gasteiger partial charge in [0.1, 0.15) is 5.82 Å². The SMILES string of the molecule is CC1SCCSC1C(N)c1cccnc1N. The number of thioether (sulfide) groups is 2. The van der Waals surface area contributed by atoms with Crippen LogP contribution in [0, 0.1) is 0 Å². The van der Waals surface area contributed by atoms with Crippen molar-refractivity contribution >= 4 is 29.3 Å². The Balaban J connectivity index is 2.17. The molecule has 0 radical (unpaired) electrons. The van der Waals surface area contributed by atoms with Crippen molar-refractivity contribution in [2.75, 3.05) is 17.2 Å². The van der Waals surface area contributed by atoms with Gasteiger partial charge in [-0.3, -0.25) is 0 Å². The first-order valence-electron chi connectivity index (χ1n) is 5.39.